The number of aryl methyl sites for hydroxylation is 1. The lowest BCUT2D eigenvalue weighted by Crippen LogP contribution is -2.40. The summed E-state index contributed by atoms with van der Waals surface area (Å²) in [6, 6.07) is 12.9. The van der Waals surface area contributed by atoms with Crippen LogP contribution in [0.3, 0.4) is 0 Å². The van der Waals surface area contributed by atoms with Crippen LogP contribution in [0.2, 0.25) is 0 Å². The molecule has 2 aromatic carbocycles. The summed E-state index contributed by atoms with van der Waals surface area (Å²) in [5.74, 6) is -1.06. The maximum atomic E-state index is 14.6. The van der Waals surface area contributed by atoms with Gasteiger partial charge in [-0.1, -0.05) is 12.1 Å². The van der Waals surface area contributed by atoms with Crippen molar-refractivity contribution in [2.45, 2.75) is 0 Å². The minimum atomic E-state index is -0.760. The van der Waals surface area contributed by atoms with Crippen LogP contribution in [0.25, 0.3) is 10.9 Å². The van der Waals surface area contributed by atoms with Crippen molar-refractivity contribution in [1.82, 2.24) is 14.1 Å². The second kappa shape index (κ2) is 7.86. The number of benzene rings is 2. The minimum absolute atomic E-state index is 0.0348. The van der Waals surface area contributed by atoms with E-state index < -0.39 is 23.0 Å². The normalized spacial score (nSPS) is 10.8. The van der Waals surface area contributed by atoms with Crippen LogP contribution in [-0.4, -0.2) is 20.0 Å². The lowest BCUT2D eigenvalue weighted by molar-refractivity contribution is 0.102. The molecule has 156 valence electrons. The predicted octanol–water partition coefficient (Wildman–Crippen LogP) is 2.82. The quantitative estimate of drug-likeness (QED) is 0.548. The van der Waals surface area contributed by atoms with Gasteiger partial charge >= 0.3 is 5.69 Å². The van der Waals surface area contributed by atoms with Gasteiger partial charge in [-0.25, -0.2) is 9.18 Å². The Morgan fingerprint density at radius 1 is 1.06 bits per heavy atom. The van der Waals surface area contributed by atoms with Gasteiger partial charge in [0.1, 0.15) is 11.3 Å². The number of carbonyl (C=O) groups excluding carboxylic acids is 1. The van der Waals surface area contributed by atoms with Crippen molar-refractivity contribution in [3.05, 3.63) is 93.1 Å². The maximum Gasteiger partial charge on any atom is 0.330 e. The van der Waals surface area contributed by atoms with Gasteiger partial charge in [-0.15, -0.1) is 0 Å². The highest BCUT2D eigenvalue weighted by molar-refractivity contribution is 6.03. The zero-order valence-electron chi connectivity index (χ0n) is 16.6. The number of nitrogens with zero attached hydrogens (tertiary/aromatic N) is 3. The number of amides is 1. The van der Waals surface area contributed by atoms with Crippen molar-refractivity contribution in [3.8, 4) is 11.5 Å². The third-order valence-electron chi connectivity index (χ3n) is 4.71. The summed E-state index contributed by atoms with van der Waals surface area (Å²) in [5.41, 5.74) is -0.703. The van der Waals surface area contributed by atoms with Crippen LogP contribution in [0, 0.1) is 5.82 Å². The monoisotopic (exact) mass is 420 g/mol. The van der Waals surface area contributed by atoms with Gasteiger partial charge in [0.2, 0.25) is 0 Å². The van der Waals surface area contributed by atoms with Crippen molar-refractivity contribution >= 4 is 22.5 Å². The number of anilines is 1. The molecule has 0 saturated carbocycles. The van der Waals surface area contributed by atoms with Gasteiger partial charge in [-0.05, 0) is 30.3 Å². The number of hydrogen-bond donors (Lipinski definition) is 1. The lowest BCUT2D eigenvalue weighted by atomic mass is 10.2. The highest BCUT2D eigenvalue weighted by Gasteiger charge is 2.16. The molecule has 0 aliphatic heterocycles. The molecule has 0 spiro atoms. The molecular weight excluding hydrogens is 403 g/mol. The average molecular weight is 420 g/mol. The van der Waals surface area contributed by atoms with Gasteiger partial charge in [0.25, 0.3) is 11.5 Å². The summed E-state index contributed by atoms with van der Waals surface area (Å²) in [6.45, 7) is 0. The van der Waals surface area contributed by atoms with Crippen LogP contribution in [0.4, 0.5) is 10.1 Å². The Balaban J connectivity index is 1.59. The molecule has 0 aliphatic rings. The molecule has 8 nitrogen and oxygen atoms in total. The summed E-state index contributed by atoms with van der Waals surface area (Å²) >= 11 is 0. The number of aromatic nitrogens is 3. The van der Waals surface area contributed by atoms with Crippen molar-refractivity contribution in [2.24, 2.45) is 14.1 Å². The first-order valence-electron chi connectivity index (χ1n) is 9.24. The Morgan fingerprint density at radius 3 is 2.61 bits per heavy atom. The topological polar surface area (TPSA) is 95.2 Å². The van der Waals surface area contributed by atoms with Gasteiger partial charge in [0.15, 0.2) is 11.6 Å². The number of ether oxygens (including phenoxy) is 1. The molecule has 9 heteroatoms. The number of para-hydroxylation sites is 1. The Bertz CT molecular complexity index is 1440. The van der Waals surface area contributed by atoms with Crippen LogP contribution >= 0.6 is 0 Å². The van der Waals surface area contributed by atoms with E-state index in [0.717, 1.165) is 26.8 Å². The molecule has 2 heterocycles. The second-order valence-electron chi connectivity index (χ2n) is 6.83. The molecule has 31 heavy (non-hydrogen) atoms. The summed E-state index contributed by atoms with van der Waals surface area (Å²) < 4.78 is 22.3. The fourth-order valence-corrected chi connectivity index (χ4v) is 3.10. The first-order valence-corrected chi connectivity index (χ1v) is 9.24. The molecule has 0 bridgehead atoms. The molecule has 0 saturated heterocycles. The Labute approximate surface area is 175 Å². The number of nitrogens with one attached hydrogen (secondary N) is 1. The average Bonchev–Trinajstić information content (AvgIpc) is 2.76. The lowest BCUT2D eigenvalue weighted by Gasteiger charge is -2.11. The number of hydrogen-bond acceptors (Lipinski definition) is 5. The van der Waals surface area contributed by atoms with Gasteiger partial charge in [-0.3, -0.25) is 19.1 Å². The number of fused-ring (bicyclic) bond motifs is 1. The first-order chi connectivity index (χ1) is 14.8. The molecule has 0 atom stereocenters. The largest absolute Gasteiger partial charge is 0.454 e. The summed E-state index contributed by atoms with van der Waals surface area (Å²) in [4.78, 5) is 40.7. The predicted molar refractivity (Wildman–Crippen MR) is 113 cm³/mol. The van der Waals surface area contributed by atoms with E-state index in [0.29, 0.717) is 11.3 Å². The van der Waals surface area contributed by atoms with Crippen molar-refractivity contribution in [3.63, 3.8) is 0 Å². The van der Waals surface area contributed by atoms with E-state index in [-0.39, 0.29) is 17.0 Å². The SMILES string of the molecule is Cn1cc(C(=O)Nc2ccc(Oc3ccnc4ccccc34)c(F)c2)c(=O)n(C)c1=O. The number of halogens is 1. The summed E-state index contributed by atoms with van der Waals surface area (Å²) in [5, 5.41) is 3.19. The van der Waals surface area contributed by atoms with E-state index in [1.54, 1.807) is 12.3 Å². The van der Waals surface area contributed by atoms with E-state index in [4.69, 9.17) is 4.74 Å². The number of pyridine rings is 1. The molecular formula is C22H17FN4O4. The molecule has 0 unspecified atom stereocenters. The van der Waals surface area contributed by atoms with Gasteiger partial charge in [0, 0.05) is 43.6 Å². The van der Waals surface area contributed by atoms with Crippen molar-refractivity contribution in [2.75, 3.05) is 5.32 Å². The first kappa shape index (κ1) is 20.0. The molecule has 1 amide bonds. The molecule has 2 aromatic heterocycles. The fourth-order valence-electron chi connectivity index (χ4n) is 3.10. The van der Waals surface area contributed by atoms with Crippen molar-refractivity contribution < 1.29 is 13.9 Å². The molecule has 0 radical (unpaired) electrons. The highest BCUT2D eigenvalue weighted by atomic mass is 19.1. The third kappa shape index (κ3) is 3.80. The van der Waals surface area contributed by atoms with Gasteiger partial charge in [-0.2, -0.15) is 0 Å². The van der Waals surface area contributed by atoms with E-state index in [1.807, 2.05) is 24.3 Å². The minimum Gasteiger partial charge on any atom is -0.454 e. The Morgan fingerprint density at radius 2 is 1.84 bits per heavy atom. The maximum absolute atomic E-state index is 14.6. The zero-order valence-corrected chi connectivity index (χ0v) is 16.6. The molecule has 1 N–H and O–H groups in total. The molecule has 4 rings (SSSR count). The van der Waals surface area contributed by atoms with Gasteiger partial charge < -0.3 is 14.6 Å². The highest BCUT2D eigenvalue weighted by Crippen LogP contribution is 2.31. The van der Waals surface area contributed by atoms with Crippen LogP contribution in [0.1, 0.15) is 10.4 Å². The molecule has 4 aromatic rings. The van der Waals surface area contributed by atoms with E-state index in [1.165, 1.54) is 26.2 Å². The van der Waals surface area contributed by atoms with Crippen LogP contribution in [-0.2, 0) is 14.1 Å². The molecule has 0 aliphatic carbocycles. The van der Waals surface area contributed by atoms with Crippen LogP contribution in [0.5, 0.6) is 11.5 Å². The Hall–Kier alpha value is -4.27. The van der Waals surface area contributed by atoms with Crippen molar-refractivity contribution in [1.29, 1.82) is 0 Å². The number of carbonyl (C=O) groups is 1. The van der Waals surface area contributed by atoms with Crippen LogP contribution < -0.4 is 21.3 Å². The Kier molecular flexibility index (Phi) is 5.08. The van der Waals surface area contributed by atoms with E-state index in [2.05, 4.69) is 10.3 Å². The molecule has 0 fully saturated rings. The zero-order chi connectivity index (χ0) is 22.1. The van der Waals surface area contributed by atoms with E-state index in [9.17, 15) is 18.8 Å². The smallest absolute Gasteiger partial charge is 0.330 e. The standard InChI is InChI=1S/C22H17FN4O4/c1-26-12-15(21(29)27(2)22(26)30)20(28)25-13-7-8-19(16(23)11-13)31-18-9-10-24-17-6-4-3-5-14(17)18/h3-12H,1-2H3,(H,25,28). The number of rotatable bonds is 4. The van der Waals surface area contributed by atoms with E-state index >= 15 is 0 Å². The van der Waals surface area contributed by atoms with Gasteiger partial charge in [0.05, 0.1) is 5.52 Å². The van der Waals surface area contributed by atoms with Crippen LogP contribution in [0.15, 0.2) is 70.5 Å². The second-order valence-corrected chi connectivity index (χ2v) is 6.83. The summed E-state index contributed by atoms with van der Waals surface area (Å²) in [6.07, 6.45) is 2.71. The third-order valence-corrected chi connectivity index (χ3v) is 4.71. The summed E-state index contributed by atoms with van der Waals surface area (Å²) in [7, 11) is 2.70. The fraction of sp³-hybridized carbons (Fsp3) is 0.0909.